The molecule has 4 nitrogen and oxygen atoms in total. The molecule has 0 spiro atoms. The van der Waals surface area contributed by atoms with Crippen molar-refractivity contribution in [1.29, 1.82) is 0 Å². The van der Waals surface area contributed by atoms with Gasteiger partial charge in [-0.15, -0.1) is 11.8 Å². The van der Waals surface area contributed by atoms with E-state index in [9.17, 15) is 0 Å². The topological polar surface area (TPSA) is 41.0 Å². The van der Waals surface area contributed by atoms with Gasteiger partial charge in [0.1, 0.15) is 17.2 Å². The number of anilines is 1. The van der Waals surface area contributed by atoms with Gasteiger partial charge in [0.15, 0.2) is 0 Å². The van der Waals surface area contributed by atoms with Crippen LogP contribution in [-0.2, 0) is 0 Å². The van der Waals surface area contributed by atoms with Crippen LogP contribution in [0.15, 0.2) is 17.4 Å². The van der Waals surface area contributed by atoms with E-state index in [-0.39, 0.29) is 0 Å². The largest absolute Gasteiger partial charge is 0.355 e. The molecule has 1 aromatic heterocycles. The number of aromatic nitrogens is 2. The maximum atomic E-state index is 4.45. The maximum Gasteiger partial charge on any atom is 0.133 e. The van der Waals surface area contributed by atoms with Crippen molar-refractivity contribution in [2.45, 2.75) is 43.7 Å². The lowest BCUT2D eigenvalue weighted by atomic mass is 10.0. The summed E-state index contributed by atoms with van der Waals surface area (Å²) in [5.41, 5.74) is 0. The highest BCUT2D eigenvalue weighted by molar-refractivity contribution is 7.98. The van der Waals surface area contributed by atoms with E-state index in [0.717, 1.165) is 36.9 Å². The van der Waals surface area contributed by atoms with E-state index in [4.69, 9.17) is 0 Å². The third kappa shape index (κ3) is 4.35. The quantitative estimate of drug-likeness (QED) is 0.640. The lowest BCUT2D eigenvalue weighted by Crippen LogP contribution is -2.44. The zero-order chi connectivity index (χ0) is 13.5. The smallest absolute Gasteiger partial charge is 0.133 e. The van der Waals surface area contributed by atoms with Gasteiger partial charge in [-0.1, -0.05) is 13.3 Å². The van der Waals surface area contributed by atoms with Crippen LogP contribution in [0.3, 0.4) is 0 Å². The Hall–Kier alpha value is -0.810. The monoisotopic (exact) mass is 280 g/mol. The Morgan fingerprint density at radius 3 is 3.00 bits per heavy atom. The highest BCUT2D eigenvalue weighted by Crippen LogP contribution is 2.19. The lowest BCUT2D eigenvalue weighted by molar-refractivity contribution is 0.398. The first-order chi connectivity index (χ1) is 9.33. The molecule has 0 radical (unpaired) electrons. The second kappa shape index (κ2) is 7.70. The summed E-state index contributed by atoms with van der Waals surface area (Å²) in [6, 6.07) is 2.70. The Morgan fingerprint density at radius 2 is 2.32 bits per heavy atom. The third-order valence-corrected chi connectivity index (χ3v) is 4.15. The molecule has 1 saturated heterocycles. The molecule has 0 amide bonds. The summed E-state index contributed by atoms with van der Waals surface area (Å²) >= 11 is 1.67. The van der Waals surface area contributed by atoms with Crippen molar-refractivity contribution in [2.75, 3.05) is 30.8 Å². The number of nitrogens with zero attached hydrogens (tertiary/aromatic N) is 3. The predicted molar refractivity (Wildman–Crippen MR) is 82.0 cm³/mol. The Morgan fingerprint density at radius 1 is 1.42 bits per heavy atom. The molecule has 0 aromatic carbocycles. The minimum atomic E-state index is 0.605. The van der Waals surface area contributed by atoms with Gasteiger partial charge in [0.25, 0.3) is 0 Å². The Balaban J connectivity index is 2.04. The average Bonchev–Trinajstić information content (AvgIpc) is 2.48. The summed E-state index contributed by atoms with van der Waals surface area (Å²) in [6.07, 6.45) is 8.81. The molecule has 1 aliphatic heterocycles. The number of hydrogen-bond acceptors (Lipinski definition) is 5. The number of rotatable bonds is 6. The molecule has 1 atom stereocenters. The average molecular weight is 280 g/mol. The minimum absolute atomic E-state index is 0.605. The summed E-state index contributed by atoms with van der Waals surface area (Å²) in [5.74, 6) is 1.06. The zero-order valence-corrected chi connectivity index (χ0v) is 12.7. The van der Waals surface area contributed by atoms with E-state index in [0.29, 0.717) is 6.04 Å². The van der Waals surface area contributed by atoms with E-state index >= 15 is 0 Å². The molecular weight excluding hydrogens is 256 g/mol. The number of thioether (sulfide) groups is 1. The van der Waals surface area contributed by atoms with Crippen molar-refractivity contribution < 1.29 is 0 Å². The van der Waals surface area contributed by atoms with Gasteiger partial charge in [0.05, 0.1) is 0 Å². The highest BCUT2D eigenvalue weighted by atomic mass is 32.2. The molecule has 0 saturated carbocycles. The van der Waals surface area contributed by atoms with E-state index in [2.05, 4.69) is 39.4 Å². The minimum Gasteiger partial charge on any atom is -0.355 e. The summed E-state index contributed by atoms with van der Waals surface area (Å²) in [5, 5.41) is 4.66. The first-order valence-corrected chi connectivity index (χ1v) is 8.40. The van der Waals surface area contributed by atoms with Crippen LogP contribution in [0.5, 0.6) is 0 Å². The zero-order valence-electron chi connectivity index (χ0n) is 11.9. The van der Waals surface area contributed by atoms with Crippen LogP contribution in [0, 0.1) is 0 Å². The SMILES string of the molecule is CCCN(CC1CCCCN1)c1cc(SC)ncn1. The standard InChI is InChI=1S/C14H24N4S/c1-3-8-18(10-12-6-4-5-7-15-12)13-9-14(19-2)17-11-16-13/h9,11-12,15H,3-8,10H2,1-2H3. The van der Waals surface area contributed by atoms with Crippen molar-refractivity contribution in [2.24, 2.45) is 0 Å². The van der Waals surface area contributed by atoms with Crippen LogP contribution >= 0.6 is 11.8 Å². The maximum absolute atomic E-state index is 4.45. The fraction of sp³-hybridized carbons (Fsp3) is 0.714. The van der Waals surface area contributed by atoms with Gasteiger partial charge in [0, 0.05) is 25.2 Å². The predicted octanol–water partition coefficient (Wildman–Crippen LogP) is 2.56. The molecular formula is C14H24N4S. The van der Waals surface area contributed by atoms with Crippen LogP contribution in [0.4, 0.5) is 5.82 Å². The molecule has 2 heterocycles. The molecule has 1 aromatic rings. The second-order valence-electron chi connectivity index (χ2n) is 5.01. The fourth-order valence-electron chi connectivity index (χ4n) is 2.53. The van der Waals surface area contributed by atoms with Crippen molar-refractivity contribution in [3.63, 3.8) is 0 Å². The van der Waals surface area contributed by atoms with Crippen molar-refractivity contribution >= 4 is 17.6 Å². The third-order valence-electron chi connectivity index (χ3n) is 3.51. The molecule has 1 fully saturated rings. The molecule has 2 rings (SSSR count). The van der Waals surface area contributed by atoms with Gasteiger partial charge in [0.2, 0.25) is 0 Å². The van der Waals surface area contributed by atoms with Crippen molar-refractivity contribution in [1.82, 2.24) is 15.3 Å². The molecule has 1 aliphatic rings. The fourth-order valence-corrected chi connectivity index (χ4v) is 2.91. The van der Waals surface area contributed by atoms with Crippen molar-refractivity contribution in [3.8, 4) is 0 Å². The number of piperidine rings is 1. The van der Waals surface area contributed by atoms with Gasteiger partial charge in [-0.25, -0.2) is 9.97 Å². The molecule has 106 valence electrons. The first kappa shape index (κ1) is 14.6. The second-order valence-corrected chi connectivity index (χ2v) is 5.84. The Bertz CT molecular complexity index is 379. The van der Waals surface area contributed by atoms with Crippen LogP contribution in [-0.4, -0.2) is 41.9 Å². The molecule has 0 bridgehead atoms. The first-order valence-electron chi connectivity index (χ1n) is 7.18. The number of nitrogens with one attached hydrogen (secondary N) is 1. The van der Waals surface area contributed by atoms with Crippen LogP contribution in [0.2, 0.25) is 0 Å². The van der Waals surface area contributed by atoms with E-state index in [1.807, 2.05) is 0 Å². The van der Waals surface area contributed by atoms with Gasteiger partial charge in [-0.2, -0.15) is 0 Å². The molecule has 1 unspecified atom stereocenters. The molecule has 1 N–H and O–H groups in total. The van der Waals surface area contributed by atoms with Gasteiger partial charge in [-0.3, -0.25) is 0 Å². The Labute approximate surface area is 120 Å². The van der Waals surface area contributed by atoms with Crippen LogP contribution in [0.25, 0.3) is 0 Å². The molecule has 5 heteroatoms. The van der Waals surface area contributed by atoms with E-state index in [1.54, 1.807) is 18.1 Å². The van der Waals surface area contributed by atoms with Gasteiger partial charge in [-0.05, 0) is 32.1 Å². The van der Waals surface area contributed by atoms with Crippen LogP contribution < -0.4 is 10.2 Å². The summed E-state index contributed by atoms with van der Waals surface area (Å²) in [7, 11) is 0. The van der Waals surface area contributed by atoms with E-state index < -0.39 is 0 Å². The van der Waals surface area contributed by atoms with Crippen LogP contribution in [0.1, 0.15) is 32.6 Å². The lowest BCUT2D eigenvalue weighted by Gasteiger charge is -2.31. The summed E-state index contributed by atoms with van der Waals surface area (Å²) < 4.78 is 0. The summed E-state index contributed by atoms with van der Waals surface area (Å²) in [6.45, 7) is 5.49. The Kier molecular flexibility index (Phi) is 5.92. The molecule has 19 heavy (non-hydrogen) atoms. The van der Waals surface area contributed by atoms with Gasteiger partial charge >= 0.3 is 0 Å². The normalized spacial score (nSPS) is 19.4. The van der Waals surface area contributed by atoms with Gasteiger partial charge < -0.3 is 10.2 Å². The highest BCUT2D eigenvalue weighted by Gasteiger charge is 2.17. The number of hydrogen-bond donors (Lipinski definition) is 1. The van der Waals surface area contributed by atoms with Crippen molar-refractivity contribution in [3.05, 3.63) is 12.4 Å². The summed E-state index contributed by atoms with van der Waals surface area (Å²) in [4.78, 5) is 11.1. The molecule has 0 aliphatic carbocycles. The van der Waals surface area contributed by atoms with E-state index in [1.165, 1.54) is 19.3 Å².